The summed E-state index contributed by atoms with van der Waals surface area (Å²) in [4.78, 5) is 18.0. The molecule has 1 saturated heterocycles. The van der Waals surface area contributed by atoms with E-state index in [1.807, 2.05) is 12.1 Å². The number of likely N-dealkylation sites (tertiary alicyclic amines) is 1. The van der Waals surface area contributed by atoms with Gasteiger partial charge >= 0.3 is 0 Å². The van der Waals surface area contributed by atoms with Crippen molar-refractivity contribution in [3.05, 3.63) is 34.9 Å². The number of benzene rings is 2. The number of hydrogen-bond donors (Lipinski definition) is 0. The lowest BCUT2D eigenvalue weighted by molar-refractivity contribution is -0.135. The highest BCUT2D eigenvalue weighted by Crippen LogP contribution is 2.54. The third-order valence-corrected chi connectivity index (χ3v) is 7.55. The minimum Gasteiger partial charge on any atom is -0.493 e. The Morgan fingerprint density at radius 3 is 2.21 bits per heavy atom. The first-order valence-corrected chi connectivity index (χ1v) is 12.1. The number of nitrogens with zero attached hydrogens (tertiary/aromatic N) is 2. The van der Waals surface area contributed by atoms with Gasteiger partial charge in [-0.15, -0.1) is 0 Å². The van der Waals surface area contributed by atoms with Crippen molar-refractivity contribution in [1.82, 2.24) is 9.80 Å². The van der Waals surface area contributed by atoms with Crippen molar-refractivity contribution < 1.29 is 23.7 Å². The van der Waals surface area contributed by atoms with Gasteiger partial charge in [0.05, 0.1) is 41.0 Å². The summed E-state index contributed by atoms with van der Waals surface area (Å²) >= 11 is 0. The monoisotopic (exact) mass is 466 g/mol. The zero-order chi connectivity index (χ0) is 23.8. The van der Waals surface area contributed by atoms with Crippen LogP contribution in [0.4, 0.5) is 0 Å². The van der Waals surface area contributed by atoms with Crippen molar-refractivity contribution in [3.63, 3.8) is 0 Å². The molecule has 5 rings (SSSR count). The lowest BCUT2D eigenvalue weighted by Crippen LogP contribution is -2.47. The SMILES string of the molecule is COc1cc2c(cc1OC)-c1c(OC)c(OC)cc3c1C(C2)N(C(=O)CN1CCCCC1)CC3. The van der Waals surface area contributed by atoms with Gasteiger partial charge in [-0.2, -0.15) is 0 Å². The summed E-state index contributed by atoms with van der Waals surface area (Å²) < 4.78 is 22.9. The number of carbonyl (C=O) groups excluding carboxylic acids is 1. The second kappa shape index (κ2) is 9.37. The lowest BCUT2D eigenvalue weighted by atomic mass is 9.76. The molecule has 0 radical (unpaired) electrons. The molecule has 2 aromatic rings. The number of fused-ring (bicyclic) bond motifs is 2. The van der Waals surface area contributed by atoms with Gasteiger partial charge < -0.3 is 23.8 Å². The minimum absolute atomic E-state index is 0.0403. The van der Waals surface area contributed by atoms with Crippen LogP contribution < -0.4 is 18.9 Å². The number of carbonyl (C=O) groups is 1. The molecule has 2 aliphatic heterocycles. The van der Waals surface area contributed by atoms with Crippen LogP contribution in [0.5, 0.6) is 23.0 Å². The topological polar surface area (TPSA) is 60.5 Å². The van der Waals surface area contributed by atoms with Gasteiger partial charge in [0.1, 0.15) is 0 Å². The first kappa shape index (κ1) is 22.8. The second-order valence-electron chi connectivity index (χ2n) is 9.32. The van der Waals surface area contributed by atoms with E-state index < -0.39 is 0 Å². The highest BCUT2D eigenvalue weighted by molar-refractivity contribution is 5.87. The molecule has 1 aliphatic carbocycles. The van der Waals surface area contributed by atoms with E-state index in [0.29, 0.717) is 36.1 Å². The first-order valence-electron chi connectivity index (χ1n) is 12.1. The van der Waals surface area contributed by atoms with Crippen molar-refractivity contribution in [3.8, 4) is 34.1 Å². The summed E-state index contributed by atoms with van der Waals surface area (Å²) in [6.45, 7) is 3.23. The van der Waals surface area contributed by atoms with Crippen LogP contribution in [0.25, 0.3) is 11.1 Å². The Bertz CT molecular complexity index is 1090. The van der Waals surface area contributed by atoms with Gasteiger partial charge in [0.2, 0.25) is 5.91 Å². The molecule has 0 saturated carbocycles. The Balaban J connectivity index is 1.63. The van der Waals surface area contributed by atoms with Gasteiger partial charge in [0.25, 0.3) is 0 Å². The smallest absolute Gasteiger partial charge is 0.237 e. The van der Waals surface area contributed by atoms with Gasteiger partial charge in [-0.25, -0.2) is 0 Å². The molecule has 1 unspecified atom stereocenters. The summed E-state index contributed by atoms with van der Waals surface area (Å²) in [5, 5.41) is 0. The van der Waals surface area contributed by atoms with E-state index in [1.54, 1.807) is 28.4 Å². The van der Waals surface area contributed by atoms with Crippen molar-refractivity contribution in [1.29, 1.82) is 0 Å². The van der Waals surface area contributed by atoms with Crippen LogP contribution in [0.15, 0.2) is 18.2 Å². The molecule has 34 heavy (non-hydrogen) atoms. The minimum atomic E-state index is -0.0403. The molecule has 2 heterocycles. The van der Waals surface area contributed by atoms with E-state index in [9.17, 15) is 4.79 Å². The van der Waals surface area contributed by atoms with E-state index in [0.717, 1.165) is 42.6 Å². The molecule has 1 fully saturated rings. The van der Waals surface area contributed by atoms with Crippen LogP contribution in [-0.4, -0.2) is 70.3 Å². The summed E-state index contributed by atoms with van der Waals surface area (Å²) in [5.74, 6) is 2.98. The van der Waals surface area contributed by atoms with E-state index in [4.69, 9.17) is 18.9 Å². The summed E-state index contributed by atoms with van der Waals surface area (Å²) in [6.07, 6.45) is 5.15. The molecule has 0 aromatic heterocycles. The Kier molecular flexibility index (Phi) is 6.30. The predicted molar refractivity (Wildman–Crippen MR) is 130 cm³/mol. The molecule has 7 nitrogen and oxygen atoms in total. The van der Waals surface area contributed by atoms with Gasteiger partial charge in [-0.3, -0.25) is 9.69 Å². The standard InChI is InChI=1S/C27H34N2O5/c1-31-21-14-18-12-20-25-17(8-11-29(20)24(30)16-28-9-6-5-7-10-28)13-23(33-3)27(34-4)26(25)19(18)15-22(21)32-2/h13-15,20H,5-12,16H2,1-4H3. The zero-order valence-electron chi connectivity index (χ0n) is 20.6. The lowest BCUT2D eigenvalue weighted by Gasteiger charge is -2.43. The molecule has 0 spiro atoms. The molecule has 1 amide bonds. The van der Waals surface area contributed by atoms with Gasteiger partial charge in [0, 0.05) is 12.1 Å². The van der Waals surface area contributed by atoms with Crippen LogP contribution >= 0.6 is 0 Å². The fourth-order valence-electron chi connectivity index (χ4n) is 5.91. The Morgan fingerprint density at radius 2 is 1.53 bits per heavy atom. The molecule has 7 heteroatoms. The molecule has 1 atom stereocenters. The van der Waals surface area contributed by atoms with E-state index in [1.165, 1.54) is 30.4 Å². The zero-order valence-corrected chi connectivity index (χ0v) is 20.6. The number of ether oxygens (including phenoxy) is 4. The fourth-order valence-corrected chi connectivity index (χ4v) is 5.91. The van der Waals surface area contributed by atoms with Crippen molar-refractivity contribution in [2.75, 3.05) is 54.6 Å². The van der Waals surface area contributed by atoms with Gasteiger partial charge in [-0.1, -0.05) is 6.42 Å². The fraction of sp³-hybridized carbons (Fsp3) is 0.519. The van der Waals surface area contributed by atoms with Crippen molar-refractivity contribution in [2.45, 2.75) is 38.1 Å². The van der Waals surface area contributed by atoms with Crippen molar-refractivity contribution in [2.24, 2.45) is 0 Å². The third kappa shape index (κ3) is 3.76. The first-order chi connectivity index (χ1) is 16.6. The molecule has 0 N–H and O–H groups in total. The molecular formula is C27H34N2O5. The quantitative estimate of drug-likeness (QED) is 0.645. The maximum Gasteiger partial charge on any atom is 0.237 e. The van der Waals surface area contributed by atoms with Gasteiger partial charge in [-0.05, 0) is 79.2 Å². The molecular weight excluding hydrogens is 432 g/mol. The number of piperidine rings is 1. The highest BCUT2D eigenvalue weighted by atomic mass is 16.5. The molecule has 0 bridgehead atoms. The largest absolute Gasteiger partial charge is 0.493 e. The average molecular weight is 467 g/mol. The van der Waals surface area contributed by atoms with Crippen LogP contribution in [-0.2, 0) is 17.6 Å². The second-order valence-corrected chi connectivity index (χ2v) is 9.32. The van der Waals surface area contributed by atoms with E-state index in [-0.39, 0.29) is 11.9 Å². The van der Waals surface area contributed by atoms with Gasteiger partial charge in [0.15, 0.2) is 23.0 Å². The van der Waals surface area contributed by atoms with E-state index in [2.05, 4.69) is 15.9 Å². The van der Waals surface area contributed by atoms with Crippen LogP contribution in [0.3, 0.4) is 0 Å². The molecule has 3 aliphatic rings. The molecule has 2 aromatic carbocycles. The van der Waals surface area contributed by atoms with Crippen LogP contribution in [0.2, 0.25) is 0 Å². The molecule has 182 valence electrons. The van der Waals surface area contributed by atoms with Crippen LogP contribution in [0.1, 0.15) is 42.0 Å². The predicted octanol–water partition coefficient (Wildman–Crippen LogP) is 3.86. The van der Waals surface area contributed by atoms with E-state index >= 15 is 0 Å². The Hall–Kier alpha value is -2.93. The maximum atomic E-state index is 13.6. The maximum absolute atomic E-state index is 13.6. The average Bonchev–Trinajstić information content (AvgIpc) is 2.88. The summed E-state index contributed by atoms with van der Waals surface area (Å²) in [6, 6.07) is 6.11. The normalized spacial score (nSPS) is 19.2. The third-order valence-electron chi connectivity index (χ3n) is 7.55. The number of methoxy groups -OCH3 is 4. The highest BCUT2D eigenvalue weighted by Gasteiger charge is 2.40. The van der Waals surface area contributed by atoms with Crippen LogP contribution in [0, 0.1) is 0 Å². The number of hydrogen-bond acceptors (Lipinski definition) is 6. The van der Waals surface area contributed by atoms with Crippen molar-refractivity contribution >= 4 is 5.91 Å². The number of rotatable bonds is 6. The summed E-state index contributed by atoms with van der Waals surface area (Å²) in [7, 11) is 6.64. The summed E-state index contributed by atoms with van der Waals surface area (Å²) in [5.41, 5.74) is 5.56. The number of amides is 1. The Morgan fingerprint density at radius 1 is 0.853 bits per heavy atom. The Labute approximate surface area is 201 Å².